The zero-order valence-corrected chi connectivity index (χ0v) is 12.1. The van der Waals surface area contributed by atoms with Crippen molar-refractivity contribution in [2.45, 2.75) is 26.3 Å². The Kier molecular flexibility index (Phi) is 5.61. The lowest BCUT2D eigenvalue weighted by Crippen LogP contribution is -2.25. The van der Waals surface area contributed by atoms with Gasteiger partial charge in [-0.15, -0.1) is 11.3 Å². The van der Waals surface area contributed by atoms with Gasteiger partial charge in [0.25, 0.3) is 0 Å². The third-order valence-corrected chi connectivity index (χ3v) is 4.87. The Labute approximate surface area is 112 Å². The molecule has 1 aromatic rings. The smallest absolute Gasteiger partial charge is 0.185 e. The van der Waals surface area contributed by atoms with Gasteiger partial charge in [0.05, 0.1) is 0 Å². The highest BCUT2D eigenvalue weighted by Gasteiger charge is 2.13. The first-order chi connectivity index (χ1) is 8.40. The van der Waals surface area contributed by atoms with Gasteiger partial charge < -0.3 is 10.2 Å². The second kappa shape index (κ2) is 7.24. The largest absolute Gasteiger partial charge is 0.347 e. The first-order valence-electron chi connectivity index (χ1n) is 6.38. The van der Waals surface area contributed by atoms with Crippen LogP contribution in [0.1, 0.15) is 24.6 Å². The second-order valence-corrected chi connectivity index (χ2v) is 6.56. The Hall–Kier alpha value is -0.260. The van der Waals surface area contributed by atoms with Crippen LogP contribution in [0.15, 0.2) is 6.20 Å². The zero-order chi connectivity index (χ0) is 11.9. The van der Waals surface area contributed by atoms with E-state index >= 15 is 0 Å². The number of thioether (sulfide) groups is 1. The summed E-state index contributed by atoms with van der Waals surface area (Å²) in [6, 6.07) is 0. The lowest BCUT2D eigenvalue weighted by atomic mass is 10.4. The molecule has 0 aliphatic carbocycles. The fourth-order valence-corrected chi connectivity index (χ4v) is 3.67. The normalized spacial score (nSPS) is 17.1. The molecule has 0 bridgehead atoms. The van der Waals surface area contributed by atoms with E-state index in [0.29, 0.717) is 0 Å². The van der Waals surface area contributed by atoms with Crippen molar-refractivity contribution in [3.8, 4) is 0 Å². The molecule has 0 saturated carbocycles. The second-order valence-electron chi connectivity index (χ2n) is 4.24. The fraction of sp³-hybridized carbons (Fsp3) is 0.750. The van der Waals surface area contributed by atoms with Crippen LogP contribution >= 0.6 is 23.1 Å². The van der Waals surface area contributed by atoms with Crippen molar-refractivity contribution in [3.63, 3.8) is 0 Å². The lowest BCUT2D eigenvalue weighted by molar-refractivity contribution is 0.681. The average molecular weight is 271 g/mol. The van der Waals surface area contributed by atoms with Crippen LogP contribution in [0, 0.1) is 0 Å². The number of hydrogen-bond donors (Lipinski definition) is 1. The molecule has 3 nitrogen and oxygen atoms in total. The molecule has 2 rings (SSSR count). The van der Waals surface area contributed by atoms with Crippen molar-refractivity contribution in [1.82, 2.24) is 10.3 Å². The summed E-state index contributed by atoms with van der Waals surface area (Å²) in [6.45, 7) is 6.57. The van der Waals surface area contributed by atoms with Gasteiger partial charge in [0, 0.05) is 36.5 Å². The molecule has 0 radical (unpaired) electrons. The molecule has 1 saturated heterocycles. The molecule has 0 unspecified atom stereocenters. The summed E-state index contributed by atoms with van der Waals surface area (Å²) < 4.78 is 0. The van der Waals surface area contributed by atoms with E-state index in [0.717, 1.165) is 19.6 Å². The first kappa shape index (κ1) is 13.2. The van der Waals surface area contributed by atoms with Gasteiger partial charge >= 0.3 is 0 Å². The maximum Gasteiger partial charge on any atom is 0.185 e. The maximum atomic E-state index is 4.56. The van der Waals surface area contributed by atoms with Crippen LogP contribution in [-0.4, -0.2) is 36.1 Å². The summed E-state index contributed by atoms with van der Waals surface area (Å²) in [7, 11) is 0. The summed E-state index contributed by atoms with van der Waals surface area (Å²) in [6.07, 6.45) is 4.50. The predicted octanol–water partition coefficient (Wildman–Crippen LogP) is 2.59. The molecule has 1 fully saturated rings. The first-order valence-corrected chi connectivity index (χ1v) is 8.35. The third kappa shape index (κ3) is 4.16. The van der Waals surface area contributed by atoms with Crippen LogP contribution in [0.3, 0.4) is 0 Å². The molecular weight excluding hydrogens is 250 g/mol. The van der Waals surface area contributed by atoms with E-state index < -0.39 is 0 Å². The van der Waals surface area contributed by atoms with Gasteiger partial charge in [-0.2, -0.15) is 11.8 Å². The SMILES string of the molecule is CCCNCc1cnc(N2CCCSCC2)s1. The highest BCUT2D eigenvalue weighted by molar-refractivity contribution is 7.99. The van der Waals surface area contributed by atoms with Gasteiger partial charge in [-0.05, 0) is 25.1 Å². The van der Waals surface area contributed by atoms with Gasteiger partial charge in [0.1, 0.15) is 0 Å². The van der Waals surface area contributed by atoms with Crippen LogP contribution < -0.4 is 10.2 Å². The van der Waals surface area contributed by atoms with Crippen LogP contribution in [0.5, 0.6) is 0 Å². The molecule has 1 aromatic heterocycles. The lowest BCUT2D eigenvalue weighted by Gasteiger charge is -2.18. The molecule has 2 heterocycles. The van der Waals surface area contributed by atoms with Crippen LogP contribution in [0.2, 0.25) is 0 Å². The van der Waals surface area contributed by atoms with Gasteiger partial charge in [-0.25, -0.2) is 4.98 Å². The van der Waals surface area contributed by atoms with Crippen LogP contribution in [0.4, 0.5) is 5.13 Å². The quantitative estimate of drug-likeness (QED) is 0.833. The summed E-state index contributed by atoms with van der Waals surface area (Å²) in [5.41, 5.74) is 0. The van der Waals surface area contributed by atoms with Gasteiger partial charge in [0.2, 0.25) is 0 Å². The van der Waals surface area contributed by atoms with E-state index in [-0.39, 0.29) is 0 Å². The van der Waals surface area contributed by atoms with Crippen molar-refractivity contribution >= 4 is 28.2 Å². The number of thiazole rings is 1. The fourth-order valence-electron chi connectivity index (χ4n) is 1.85. The molecule has 17 heavy (non-hydrogen) atoms. The Balaban J connectivity index is 1.87. The summed E-state index contributed by atoms with van der Waals surface area (Å²) in [5, 5.41) is 4.64. The Bertz CT molecular complexity index is 319. The Morgan fingerprint density at radius 3 is 3.24 bits per heavy atom. The number of hydrogen-bond acceptors (Lipinski definition) is 5. The highest BCUT2D eigenvalue weighted by atomic mass is 32.2. The van der Waals surface area contributed by atoms with Crippen molar-refractivity contribution in [3.05, 3.63) is 11.1 Å². The number of rotatable bonds is 5. The van der Waals surface area contributed by atoms with Crippen molar-refractivity contribution in [2.24, 2.45) is 0 Å². The van der Waals surface area contributed by atoms with Crippen molar-refractivity contribution in [1.29, 1.82) is 0 Å². The van der Waals surface area contributed by atoms with Crippen molar-refractivity contribution < 1.29 is 0 Å². The minimum absolute atomic E-state index is 0.966. The Morgan fingerprint density at radius 2 is 2.35 bits per heavy atom. The van der Waals surface area contributed by atoms with Gasteiger partial charge in [-0.1, -0.05) is 6.92 Å². The molecule has 1 aliphatic rings. The van der Waals surface area contributed by atoms with E-state index in [4.69, 9.17) is 0 Å². The molecule has 0 spiro atoms. The van der Waals surface area contributed by atoms with E-state index in [1.165, 1.54) is 40.9 Å². The topological polar surface area (TPSA) is 28.2 Å². The number of nitrogens with zero attached hydrogens (tertiary/aromatic N) is 2. The molecule has 0 amide bonds. The molecule has 1 aliphatic heterocycles. The molecule has 0 aromatic carbocycles. The molecular formula is C12H21N3S2. The van der Waals surface area contributed by atoms with Gasteiger partial charge in [0.15, 0.2) is 5.13 Å². The van der Waals surface area contributed by atoms with Crippen LogP contribution in [-0.2, 0) is 6.54 Å². The standard InChI is InChI=1S/C12H21N3S2/c1-2-4-13-9-11-10-14-12(17-11)15-5-3-7-16-8-6-15/h10,13H,2-9H2,1H3. The van der Waals surface area contributed by atoms with E-state index in [1.807, 2.05) is 17.5 Å². The number of anilines is 1. The van der Waals surface area contributed by atoms with E-state index in [2.05, 4.69) is 33.9 Å². The predicted molar refractivity (Wildman–Crippen MR) is 78.3 cm³/mol. The maximum absolute atomic E-state index is 4.56. The van der Waals surface area contributed by atoms with Gasteiger partial charge in [-0.3, -0.25) is 0 Å². The molecule has 5 heteroatoms. The Morgan fingerprint density at radius 1 is 1.41 bits per heavy atom. The molecule has 96 valence electrons. The minimum Gasteiger partial charge on any atom is -0.347 e. The highest BCUT2D eigenvalue weighted by Crippen LogP contribution is 2.24. The zero-order valence-electron chi connectivity index (χ0n) is 10.4. The number of nitrogens with one attached hydrogen (secondary N) is 1. The minimum atomic E-state index is 0.966. The van der Waals surface area contributed by atoms with E-state index in [9.17, 15) is 0 Å². The molecule has 0 atom stereocenters. The number of aromatic nitrogens is 1. The third-order valence-electron chi connectivity index (χ3n) is 2.76. The monoisotopic (exact) mass is 271 g/mol. The van der Waals surface area contributed by atoms with E-state index in [1.54, 1.807) is 0 Å². The van der Waals surface area contributed by atoms with Crippen molar-refractivity contribution in [2.75, 3.05) is 36.0 Å². The average Bonchev–Trinajstić information content (AvgIpc) is 2.64. The van der Waals surface area contributed by atoms with Crippen LogP contribution in [0.25, 0.3) is 0 Å². The summed E-state index contributed by atoms with van der Waals surface area (Å²) in [4.78, 5) is 8.35. The molecule has 1 N–H and O–H groups in total. The summed E-state index contributed by atoms with van der Waals surface area (Å²) >= 11 is 3.90. The summed E-state index contributed by atoms with van der Waals surface area (Å²) in [5.74, 6) is 2.54.